The second kappa shape index (κ2) is 11.0. The quantitative estimate of drug-likeness (QED) is 0.593. The van der Waals surface area contributed by atoms with Gasteiger partial charge < -0.3 is 29.9 Å². The van der Waals surface area contributed by atoms with Gasteiger partial charge in [-0.1, -0.05) is 12.1 Å². The minimum absolute atomic E-state index is 0.0146. The van der Waals surface area contributed by atoms with Crippen molar-refractivity contribution in [3.63, 3.8) is 0 Å². The van der Waals surface area contributed by atoms with Crippen LogP contribution in [0, 0.1) is 5.92 Å². The maximum atomic E-state index is 12.3. The molecule has 3 heterocycles. The minimum Gasteiger partial charge on any atom is -0.447 e. The number of nitrogens with zero attached hydrogens (tertiary/aromatic N) is 4. The number of hydrogen-bond acceptors (Lipinski definition) is 8. The van der Waals surface area contributed by atoms with Gasteiger partial charge in [0.05, 0.1) is 6.04 Å². The van der Waals surface area contributed by atoms with Crippen molar-refractivity contribution in [2.45, 2.75) is 51.7 Å². The molecule has 1 aromatic heterocycles. The van der Waals surface area contributed by atoms with Crippen molar-refractivity contribution in [1.82, 2.24) is 20.2 Å². The molecule has 2 fully saturated rings. The number of rotatable bonds is 7. The van der Waals surface area contributed by atoms with Crippen LogP contribution in [-0.4, -0.2) is 72.0 Å². The van der Waals surface area contributed by atoms with E-state index in [-0.39, 0.29) is 18.2 Å². The molecule has 1 atom stereocenters. The number of piperidine rings is 1. The van der Waals surface area contributed by atoms with E-state index in [1.54, 1.807) is 11.2 Å². The van der Waals surface area contributed by atoms with Gasteiger partial charge in [0.15, 0.2) is 0 Å². The third-order valence-corrected chi connectivity index (χ3v) is 6.29. The Labute approximate surface area is 212 Å². The van der Waals surface area contributed by atoms with Crippen molar-refractivity contribution in [3.05, 3.63) is 42.2 Å². The van der Waals surface area contributed by atoms with Crippen molar-refractivity contribution in [2.24, 2.45) is 5.92 Å². The molecule has 194 valence electrons. The molecule has 10 nitrogen and oxygen atoms in total. The summed E-state index contributed by atoms with van der Waals surface area (Å²) in [5, 5.41) is 6.13. The molecule has 0 spiro atoms. The summed E-state index contributed by atoms with van der Waals surface area (Å²) in [5.74, 6) is 2.04. The van der Waals surface area contributed by atoms with Crippen LogP contribution in [0.2, 0.25) is 0 Å². The number of cyclic esters (lactones) is 1. The van der Waals surface area contributed by atoms with Gasteiger partial charge in [-0.05, 0) is 63.6 Å². The van der Waals surface area contributed by atoms with E-state index in [0.717, 1.165) is 48.7 Å². The Morgan fingerprint density at radius 3 is 2.58 bits per heavy atom. The standard InChI is InChI=1S/C26H36N6O4/c1-26(2,3)36-25(34)32-11-9-19(10-12-32)15-31(4)23-14-22(27-17-28-23)29-20-7-5-18(6-8-20)13-21-16-35-24(33)30-21/h5-8,14,17,19,21H,9-13,15-16H2,1-4H3,(H,30,33)(H,27,28,29). The predicted octanol–water partition coefficient (Wildman–Crippen LogP) is 3.95. The fraction of sp³-hybridized carbons (Fsp3) is 0.538. The highest BCUT2D eigenvalue weighted by atomic mass is 16.6. The summed E-state index contributed by atoms with van der Waals surface area (Å²) in [6, 6.07) is 10.0. The molecule has 0 aliphatic carbocycles. The number of ether oxygens (including phenoxy) is 2. The summed E-state index contributed by atoms with van der Waals surface area (Å²) in [5.41, 5.74) is 1.57. The number of hydrogen-bond donors (Lipinski definition) is 2. The summed E-state index contributed by atoms with van der Waals surface area (Å²) < 4.78 is 10.4. The normalized spacial score (nSPS) is 18.4. The first-order valence-electron chi connectivity index (χ1n) is 12.4. The number of likely N-dealkylation sites (tertiary alicyclic amines) is 1. The SMILES string of the molecule is CN(CC1CCN(C(=O)OC(C)(C)C)CC1)c1cc(Nc2ccc(CC3COC(=O)N3)cc2)ncn1. The lowest BCUT2D eigenvalue weighted by atomic mass is 9.96. The first kappa shape index (κ1) is 25.5. The molecule has 2 N–H and O–H groups in total. The lowest BCUT2D eigenvalue weighted by Crippen LogP contribution is -2.43. The molecule has 1 unspecified atom stereocenters. The van der Waals surface area contributed by atoms with Crippen molar-refractivity contribution >= 4 is 29.5 Å². The molecule has 2 aliphatic heterocycles. The van der Waals surface area contributed by atoms with E-state index in [2.05, 4.69) is 25.5 Å². The Kier molecular flexibility index (Phi) is 7.81. The van der Waals surface area contributed by atoms with Gasteiger partial charge in [0.25, 0.3) is 0 Å². The molecule has 36 heavy (non-hydrogen) atoms. The summed E-state index contributed by atoms with van der Waals surface area (Å²) in [4.78, 5) is 36.3. The van der Waals surface area contributed by atoms with Crippen molar-refractivity contribution in [3.8, 4) is 0 Å². The maximum absolute atomic E-state index is 12.3. The van der Waals surface area contributed by atoms with Crippen LogP contribution in [0.3, 0.4) is 0 Å². The molecule has 2 amide bonds. The first-order valence-corrected chi connectivity index (χ1v) is 12.4. The van der Waals surface area contributed by atoms with Gasteiger partial charge in [-0.25, -0.2) is 19.6 Å². The van der Waals surface area contributed by atoms with E-state index < -0.39 is 5.60 Å². The van der Waals surface area contributed by atoms with Gasteiger partial charge in [0.2, 0.25) is 0 Å². The highest BCUT2D eigenvalue weighted by Gasteiger charge is 2.27. The molecule has 1 aromatic carbocycles. The zero-order chi connectivity index (χ0) is 25.7. The van der Waals surface area contributed by atoms with Gasteiger partial charge in [0, 0.05) is 38.4 Å². The zero-order valence-electron chi connectivity index (χ0n) is 21.5. The predicted molar refractivity (Wildman–Crippen MR) is 138 cm³/mol. The number of carbonyl (C=O) groups is 2. The maximum Gasteiger partial charge on any atom is 0.410 e. The molecule has 0 saturated carbocycles. The van der Waals surface area contributed by atoms with E-state index in [1.807, 2.05) is 58.2 Å². The summed E-state index contributed by atoms with van der Waals surface area (Å²) in [7, 11) is 2.03. The molecule has 2 aliphatic rings. The topological polar surface area (TPSA) is 109 Å². The number of alkyl carbamates (subject to hydrolysis) is 1. The van der Waals surface area contributed by atoms with Crippen LogP contribution in [-0.2, 0) is 15.9 Å². The largest absolute Gasteiger partial charge is 0.447 e. The van der Waals surface area contributed by atoms with Gasteiger partial charge in [-0.3, -0.25) is 0 Å². The van der Waals surface area contributed by atoms with E-state index in [4.69, 9.17) is 9.47 Å². The average Bonchev–Trinajstić information content (AvgIpc) is 3.24. The average molecular weight is 497 g/mol. The second-order valence-electron chi connectivity index (χ2n) is 10.5. The van der Waals surface area contributed by atoms with Crippen molar-refractivity contribution < 1.29 is 19.1 Å². The second-order valence-corrected chi connectivity index (χ2v) is 10.5. The Morgan fingerprint density at radius 1 is 1.22 bits per heavy atom. The Bertz CT molecular complexity index is 1050. The Balaban J connectivity index is 1.26. The molecule has 4 rings (SSSR count). The number of benzene rings is 1. The molecular formula is C26H36N6O4. The van der Waals surface area contributed by atoms with Crippen LogP contribution in [0.5, 0.6) is 0 Å². The third-order valence-electron chi connectivity index (χ3n) is 6.29. The van der Waals surface area contributed by atoms with Crippen LogP contribution >= 0.6 is 0 Å². The number of nitrogens with one attached hydrogen (secondary N) is 2. The van der Waals surface area contributed by atoms with Crippen molar-refractivity contribution in [1.29, 1.82) is 0 Å². The van der Waals surface area contributed by atoms with Gasteiger partial charge in [-0.15, -0.1) is 0 Å². The van der Waals surface area contributed by atoms with Crippen LogP contribution in [0.1, 0.15) is 39.2 Å². The number of aromatic nitrogens is 2. The van der Waals surface area contributed by atoms with E-state index in [1.165, 1.54) is 0 Å². The Morgan fingerprint density at radius 2 is 1.94 bits per heavy atom. The van der Waals surface area contributed by atoms with Crippen molar-refractivity contribution in [2.75, 3.05) is 43.5 Å². The van der Waals surface area contributed by atoms with E-state index in [0.29, 0.717) is 25.6 Å². The highest BCUT2D eigenvalue weighted by Crippen LogP contribution is 2.24. The van der Waals surface area contributed by atoms with Crippen LogP contribution in [0.4, 0.5) is 26.9 Å². The lowest BCUT2D eigenvalue weighted by Gasteiger charge is -2.35. The molecule has 10 heteroatoms. The lowest BCUT2D eigenvalue weighted by molar-refractivity contribution is 0.0186. The van der Waals surface area contributed by atoms with E-state index in [9.17, 15) is 9.59 Å². The van der Waals surface area contributed by atoms with E-state index >= 15 is 0 Å². The number of carbonyl (C=O) groups excluding carboxylic acids is 2. The molecule has 0 radical (unpaired) electrons. The van der Waals surface area contributed by atoms with Crippen LogP contribution in [0.15, 0.2) is 36.7 Å². The van der Waals surface area contributed by atoms with Gasteiger partial charge in [-0.2, -0.15) is 0 Å². The minimum atomic E-state index is -0.473. The first-order chi connectivity index (χ1) is 17.1. The van der Waals surface area contributed by atoms with Gasteiger partial charge in [0.1, 0.15) is 30.2 Å². The molecular weight excluding hydrogens is 460 g/mol. The fourth-order valence-electron chi connectivity index (χ4n) is 4.42. The number of amides is 2. The molecule has 0 bridgehead atoms. The summed E-state index contributed by atoms with van der Waals surface area (Å²) in [6.45, 7) is 8.35. The fourth-order valence-corrected chi connectivity index (χ4v) is 4.42. The third kappa shape index (κ3) is 7.22. The highest BCUT2D eigenvalue weighted by molar-refractivity contribution is 5.69. The van der Waals surface area contributed by atoms with Crippen LogP contribution in [0.25, 0.3) is 0 Å². The Hall–Kier alpha value is -3.56. The monoisotopic (exact) mass is 496 g/mol. The number of anilines is 3. The molecule has 2 aromatic rings. The molecule has 2 saturated heterocycles. The summed E-state index contributed by atoms with van der Waals surface area (Å²) in [6.07, 6.45) is 3.58. The smallest absolute Gasteiger partial charge is 0.410 e. The van der Waals surface area contributed by atoms with Crippen LogP contribution < -0.4 is 15.5 Å². The summed E-state index contributed by atoms with van der Waals surface area (Å²) >= 11 is 0. The van der Waals surface area contributed by atoms with Gasteiger partial charge >= 0.3 is 12.2 Å². The zero-order valence-corrected chi connectivity index (χ0v) is 21.5.